The van der Waals surface area contributed by atoms with E-state index in [1.54, 1.807) is 16.2 Å². The summed E-state index contributed by atoms with van der Waals surface area (Å²) in [6.45, 7) is 9.32. The number of piperidine rings is 2. The number of nitrogens with one attached hydrogen (secondary N) is 1. The van der Waals surface area contributed by atoms with E-state index in [0.29, 0.717) is 0 Å². The summed E-state index contributed by atoms with van der Waals surface area (Å²) in [5.74, 6) is 1.95. The summed E-state index contributed by atoms with van der Waals surface area (Å²) in [4.78, 5) is 17.1. The molecule has 2 atom stereocenters. The summed E-state index contributed by atoms with van der Waals surface area (Å²) in [5.41, 5.74) is 0. The number of nitrogens with zero attached hydrogens (tertiary/aromatic N) is 1. The van der Waals surface area contributed by atoms with Crippen LogP contribution in [0.5, 0.6) is 0 Å². The third-order valence-corrected chi connectivity index (χ3v) is 5.98. The van der Waals surface area contributed by atoms with E-state index in [1.807, 2.05) is 17.5 Å². The van der Waals surface area contributed by atoms with Gasteiger partial charge in [-0.3, -0.25) is 4.79 Å². The third kappa shape index (κ3) is 3.49. The van der Waals surface area contributed by atoms with Crippen molar-refractivity contribution < 1.29 is 9.69 Å². The number of thiophene rings is 1. The Bertz CT molecular complexity index is 455. The van der Waals surface area contributed by atoms with Gasteiger partial charge in [0.1, 0.15) is 0 Å². The lowest BCUT2D eigenvalue weighted by molar-refractivity contribution is -0.938. The maximum absolute atomic E-state index is 12.4. The number of rotatable bonds is 2. The van der Waals surface area contributed by atoms with Crippen molar-refractivity contribution in [1.29, 1.82) is 0 Å². The van der Waals surface area contributed by atoms with Crippen molar-refractivity contribution in [3.05, 3.63) is 22.4 Å². The van der Waals surface area contributed by atoms with E-state index < -0.39 is 0 Å². The normalized spacial score (nSPS) is 31.3. The van der Waals surface area contributed by atoms with Crippen LogP contribution in [-0.2, 0) is 0 Å². The zero-order valence-corrected chi connectivity index (χ0v) is 14.0. The highest BCUT2D eigenvalue weighted by molar-refractivity contribution is 7.12. The van der Waals surface area contributed by atoms with Crippen LogP contribution in [0.4, 0.5) is 0 Å². The smallest absolute Gasteiger partial charge is 0.263 e. The van der Waals surface area contributed by atoms with Gasteiger partial charge in [-0.15, -0.1) is 11.3 Å². The molecule has 3 rings (SSSR count). The lowest BCUT2D eigenvalue weighted by Crippen LogP contribution is -3.18. The molecule has 2 aliphatic heterocycles. The molecule has 1 aromatic rings. The molecule has 0 unspecified atom stereocenters. The number of hydrogen-bond acceptors (Lipinski definition) is 2. The molecule has 0 radical (unpaired) electrons. The van der Waals surface area contributed by atoms with Crippen LogP contribution in [-0.4, -0.2) is 43.0 Å². The fourth-order valence-electron chi connectivity index (χ4n) is 4.21. The highest BCUT2D eigenvalue weighted by Gasteiger charge is 2.34. The molecule has 2 saturated heterocycles. The van der Waals surface area contributed by atoms with E-state index in [4.69, 9.17) is 0 Å². The predicted octanol–water partition coefficient (Wildman–Crippen LogP) is 1.91. The van der Waals surface area contributed by atoms with Gasteiger partial charge in [0.25, 0.3) is 5.91 Å². The standard InChI is InChI=1S/C17H26N2OS/c1-13-10-14(2)12-19(11-13)15-5-7-18(8-6-15)17(20)16-4-3-9-21-16/h3-4,9,13-15H,5-8,10-12H2,1-2H3/p+1/t13-,14-/m1/s1. The maximum atomic E-state index is 12.4. The largest absolute Gasteiger partial charge is 0.337 e. The van der Waals surface area contributed by atoms with Gasteiger partial charge in [0.15, 0.2) is 0 Å². The fraction of sp³-hybridized carbons (Fsp3) is 0.706. The molecule has 0 aliphatic carbocycles. The Morgan fingerprint density at radius 3 is 2.48 bits per heavy atom. The zero-order chi connectivity index (χ0) is 14.8. The fourth-order valence-corrected chi connectivity index (χ4v) is 4.90. The molecule has 3 nitrogen and oxygen atoms in total. The van der Waals surface area contributed by atoms with Gasteiger partial charge >= 0.3 is 0 Å². The van der Waals surface area contributed by atoms with Gasteiger partial charge in [-0.05, 0) is 17.9 Å². The minimum atomic E-state index is 0.235. The average Bonchev–Trinajstić information content (AvgIpc) is 3.00. The van der Waals surface area contributed by atoms with E-state index in [1.165, 1.54) is 32.4 Å². The summed E-state index contributed by atoms with van der Waals surface area (Å²) < 4.78 is 0. The molecule has 4 heteroatoms. The van der Waals surface area contributed by atoms with E-state index in [0.717, 1.165) is 35.8 Å². The highest BCUT2D eigenvalue weighted by atomic mass is 32.1. The Kier molecular flexibility index (Phi) is 4.65. The van der Waals surface area contributed by atoms with Crippen molar-refractivity contribution in [3.63, 3.8) is 0 Å². The first-order valence-electron chi connectivity index (χ1n) is 8.31. The molecule has 1 N–H and O–H groups in total. The number of carbonyl (C=O) groups is 1. The summed E-state index contributed by atoms with van der Waals surface area (Å²) in [6, 6.07) is 4.67. The van der Waals surface area contributed by atoms with Gasteiger partial charge in [-0.1, -0.05) is 19.9 Å². The quantitative estimate of drug-likeness (QED) is 0.887. The number of quaternary nitrogens is 1. The monoisotopic (exact) mass is 307 g/mol. The van der Waals surface area contributed by atoms with Gasteiger partial charge < -0.3 is 9.80 Å². The topological polar surface area (TPSA) is 24.8 Å². The number of carbonyl (C=O) groups excluding carboxylic acids is 1. The molecular weight excluding hydrogens is 280 g/mol. The number of likely N-dealkylation sites (tertiary alicyclic amines) is 2. The van der Waals surface area contributed by atoms with Gasteiger partial charge in [-0.2, -0.15) is 0 Å². The van der Waals surface area contributed by atoms with Crippen molar-refractivity contribution in [2.45, 2.75) is 39.2 Å². The predicted molar refractivity (Wildman–Crippen MR) is 86.9 cm³/mol. The Morgan fingerprint density at radius 1 is 1.24 bits per heavy atom. The summed E-state index contributed by atoms with van der Waals surface area (Å²) in [6.07, 6.45) is 3.73. The molecule has 3 heterocycles. The molecule has 2 aliphatic rings. The average molecular weight is 307 g/mol. The molecule has 1 amide bonds. The first-order valence-corrected chi connectivity index (χ1v) is 9.18. The molecule has 21 heavy (non-hydrogen) atoms. The Morgan fingerprint density at radius 2 is 1.90 bits per heavy atom. The first kappa shape index (κ1) is 15.0. The van der Waals surface area contributed by atoms with Crippen LogP contribution in [0.15, 0.2) is 17.5 Å². The molecule has 0 saturated carbocycles. The van der Waals surface area contributed by atoms with Gasteiger partial charge in [0.05, 0.1) is 24.0 Å². The molecule has 0 aromatic carbocycles. The van der Waals surface area contributed by atoms with Crippen LogP contribution in [0.3, 0.4) is 0 Å². The lowest BCUT2D eigenvalue weighted by Gasteiger charge is -2.40. The summed E-state index contributed by atoms with van der Waals surface area (Å²) in [7, 11) is 0. The molecule has 116 valence electrons. The minimum absolute atomic E-state index is 0.235. The van der Waals surface area contributed by atoms with Gasteiger partial charge in [0, 0.05) is 37.8 Å². The van der Waals surface area contributed by atoms with Crippen molar-refractivity contribution >= 4 is 17.2 Å². The Labute approximate surface area is 131 Å². The van der Waals surface area contributed by atoms with E-state index in [2.05, 4.69) is 18.7 Å². The van der Waals surface area contributed by atoms with Gasteiger partial charge in [-0.25, -0.2) is 0 Å². The van der Waals surface area contributed by atoms with E-state index in [-0.39, 0.29) is 5.91 Å². The number of amides is 1. The second-order valence-electron chi connectivity index (χ2n) is 7.06. The minimum Gasteiger partial charge on any atom is -0.337 e. The van der Waals surface area contributed by atoms with Crippen molar-refractivity contribution in [1.82, 2.24) is 4.90 Å². The number of hydrogen-bond donors (Lipinski definition) is 1. The molecule has 2 fully saturated rings. The second-order valence-corrected chi connectivity index (χ2v) is 8.00. The van der Waals surface area contributed by atoms with Crippen LogP contribution >= 0.6 is 11.3 Å². The SMILES string of the molecule is C[C@@H]1C[C@@H](C)C[NH+](C2CCN(C(=O)c3cccs3)CC2)C1. The summed E-state index contributed by atoms with van der Waals surface area (Å²) >= 11 is 1.56. The van der Waals surface area contributed by atoms with Crippen LogP contribution in [0.1, 0.15) is 42.8 Å². The van der Waals surface area contributed by atoms with E-state index >= 15 is 0 Å². The molecule has 0 spiro atoms. The Hall–Kier alpha value is -0.870. The third-order valence-electron chi connectivity index (χ3n) is 5.12. The lowest BCUT2D eigenvalue weighted by atomic mass is 9.89. The van der Waals surface area contributed by atoms with Crippen LogP contribution in [0, 0.1) is 11.8 Å². The van der Waals surface area contributed by atoms with E-state index in [9.17, 15) is 4.79 Å². The van der Waals surface area contributed by atoms with Crippen molar-refractivity contribution in [3.8, 4) is 0 Å². The first-order chi connectivity index (χ1) is 10.1. The highest BCUT2D eigenvalue weighted by Crippen LogP contribution is 2.18. The molecule has 0 bridgehead atoms. The summed E-state index contributed by atoms with van der Waals surface area (Å²) in [5, 5.41) is 1.99. The molecular formula is C17H27N2OS+. The van der Waals surface area contributed by atoms with Crippen LogP contribution in [0.25, 0.3) is 0 Å². The second kappa shape index (κ2) is 6.49. The van der Waals surface area contributed by atoms with Crippen molar-refractivity contribution in [2.75, 3.05) is 26.2 Å². The molecule has 1 aromatic heterocycles. The Balaban J connectivity index is 1.54. The maximum Gasteiger partial charge on any atom is 0.263 e. The van der Waals surface area contributed by atoms with Crippen LogP contribution < -0.4 is 4.90 Å². The zero-order valence-electron chi connectivity index (χ0n) is 13.2. The van der Waals surface area contributed by atoms with Crippen LogP contribution in [0.2, 0.25) is 0 Å². The van der Waals surface area contributed by atoms with Gasteiger partial charge in [0.2, 0.25) is 0 Å². The van der Waals surface area contributed by atoms with Crippen molar-refractivity contribution in [2.24, 2.45) is 11.8 Å².